The number of nitrogens with zero attached hydrogens (tertiary/aromatic N) is 4. The van der Waals surface area contributed by atoms with Crippen molar-refractivity contribution >= 4 is 33.4 Å². The number of likely N-dealkylation sites (N-methyl/N-ethyl adjacent to an activating group) is 1. The van der Waals surface area contributed by atoms with Gasteiger partial charge >= 0.3 is 12.0 Å². The van der Waals surface area contributed by atoms with Gasteiger partial charge in [0.15, 0.2) is 0 Å². The maximum absolute atomic E-state index is 13.0. The molecule has 0 saturated heterocycles. The molecule has 1 saturated carbocycles. The van der Waals surface area contributed by atoms with Gasteiger partial charge in [-0.2, -0.15) is 4.98 Å². The van der Waals surface area contributed by atoms with E-state index >= 15 is 0 Å². The minimum atomic E-state index is -0.935. The first-order chi connectivity index (χ1) is 18.8. The first-order valence-corrected chi connectivity index (χ1v) is 14.3. The van der Waals surface area contributed by atoms with Gasteiger partial charge in [-0.25, -0.2) is 9.78 Å². The summed E-state index contributed by atoms with van der Waals surface area (Å²) in [5.74, 6) is -0.644. The zero-order valence-corrected chi connectivity index (χ0v) is 23.7. The number of amides is 1. The van der Waals surface area contributed by atoms with Crippen LogP contribution >= 0.6 is 11.3 Å². The topological polar surface area (TPSA) is 97.5 Å². The lowest BCUT2D eigenvalue weighted by atomic mass is 9.83. The molecule has 204 valence electrons. The van der Waals surface area contributed by atoms with Gasteiger partial charge in [-0.15, -0.1) is 11.3 Å². The van der Waals surface area contributed by atoms with Crippen molar-refractivity contribution in [3.05, 3.63) is 52.7 Å². The monoisotopic (exact) mass is 546 g/mol. The molecular formula is C30H34N4O4S. The van der Waals surface area contributed by atoms with Crippen LogP contribution in [0, 0.1) is 6.92 Å². The highest BCUT2D eigenvalue weighted by Crippen LogP contribution is 2.47. The molecule has 4 aromatic rings. The number of ether oxygens (including phenoxy) is 1. The van der Waals surface area contributed by atoms with E-state index in [1.165, 1.54) is 23.3 Å². The highest BCUT2D eigenvalue weighted by molar-refractivity contribution is 7.21. The number of carboxylic acids is 1. The molecule has 0 bridgehead atoms. The molecule has 1 aliphatic carbocycles. The van der Waals surface area contributed by atoms with Gasteiger partial charge in [-0.05, 0) is 55.4 Å². The Kier molecular flexibility index (Phi) is 7.70. The van der Waals surface area contributed by atoms with Gasteiger partial charge in [0.05, 0.1) is 28.2 Å². The summed E-state index contributed by atoms with van der Waals surface area (Å²) in [6.07, 6.45) is 7.44. The van der Waals surface area contributed by atoms with Crippen LogP contribution in [-0.2, 0) is 11.3 Å². The fourth-order valence-corrected chi connectivity index (χ4v) is 6.64. The lowest BCUT2D eigenvalue weighted by molar-refractivity contribution is -0.129. The van der Waals surface area contributed by atoms with Crippen LogP contribution in [0.2, 0.25) is 0 Å². The third-order valence-corrected chi connectivity index (χ3v) is 8.63. The summed E-state index contributed by atoms with van der Waals surface area (Å²) in [4.78, 5) is 35.6. The molecule has 5 rings (SSSR count). The largest absolute Gasteiger partial charge is 0.477 e. The molecule has 1 fully saturated rings. The Morgan fingerprint density at radius 3 is 2.44 bits per heavy atom. The molecule has 0 spiro atoms. The van der Waals surface area contributed by atoms with Crippen LogP contribution in [0.15, 0.2) is 36.5 Å². The fourth-order valence-electron chi connectivity index (χ4n) is 5.51. The lowest BCUT2D eigenvalue weighted by Crippen LogP contribution is -2.26. The fraction of sp³-hybridized carbons (Fsp3) is 0.400. The van der Waals surface area contributed by atoms with Crippen molar-refractivity contribution in [2.75, 3.05) is 20.7 Å². The Morgan fingerprint density at radius 1 is 1.13 bits per heavy atom. The molecule has 8 nitrogen and oxygen atoms in total. The van der Waals surface area contributed by atoms with E-state index in [1.54, 1.807) is 31.3 Å². The van der Waals surface area contributed by atoms with E-state index in [0.29, 0.717) is 23.4 Å². The second kappa shape index (κ2) is 11.2. The van der Waals surface area contributed by atoms with E-state index in [-0.39, 0.29) is 12.5 Å². The average Bonchev–Trinajstić information content (AvgIpc) is 3.48. The molecule has 9 heteroatoms. The van der Waals surface area contributed by atoms with Crippen LogP contribution in [0.25, 0.3) is 32.6 Å². The third-order valence-electron chi connectivity index (χ3n) is 7.49. The highest BCUT2D eigenvalue weighted by atomic mass is 32.1. The number of carbonyl (C=O) groups excluding carboxylic acids is 1. The number of aromatic carboxylic acids is 1. The molecule has 3 heterocycles. The van der Waals surface area contributed by atoms with Gasteiger partial charge in [-0.1, -0.05) is 43.5 Å². The summed E-state index contributed by atoms with van der Waals surface area (Å²) in [6.45, 7) is 4.51. The first kappa shape index (κ1) is 26.9. The maximum Gasteiger partial charge on any atom is 0.345 e. The summed E-state index contributed by atoms with van der Waals surface area (Å²) < 4.78 is 8.46. The number of benzene rings is 1. The SMILES string of the molecule is CCOc1ncc(-c2ccc(-c3c(C4CCCCC4)c4sc(C(=O)O)cc4n3CC(=O)N(C)C)cc2)c(C)n1. The molecule has 1 aliphatic rings. The standard InChI is InChI=1S/C30H34N4O4S/c1-5-38-30-31-16-22(18(2)32-30)19-11-13-21(14-12-19)27-26(20-9-7-6-8-10-20)28-23(15-24(39-28)29(36)37)34(27)17-25(35)33(3)4/h11-16,20H,5-10,17H2,1-4H3,(H,36,37). The second-order valence-corrected chi connectivity index (χ2v) is 11.3. The van der Waals surface area contributed by atoms with Gasteiger partial charge in [-0.3, -0.25) is 4.79 Å². The predicted molar refractivity (Wildman–Crippen MR) is 154 cm³/mol. The Morgan fingerprint density at radius 2 is 1.82 bits per heavy atom. The minimum absolute atomic E-state index is 0.0369. The van der Waals surface area contributed by atoms with E-state index in [1.807, 2.05) is 18.4 Å². The molecule has 0 atom stereocenters. The van der Waals surface area contributed by atoms with Crippen molar-refractivity contribution in [3.63, 3.8) is 0 Å². The molecule has 39 heavy (non-hydrogen) atoms. The van der Waals surface area contributed by atoms with Gasteiger partial charge in [0.2, 0.25) is 5.91 Å². The molecule has 1 N–H and O–H groups in total. The van der Waals surface area contributed by atoms with Crippen LogP contribution in [-0.4, -0.2) is 57.1 Å². The number of hydrogen-bond acceptors (Lipinski definition) is 6. The van der Waals surface area contributed by atoms with Crippen molar-refractivity contribution < 1.29 is 19.4 Å². The molecule has 1 aromatic carbocycles. The number of carbonyl (C=O) groups is 2. The van der Waals surface area contributed by atoms with Gasteiger partial charge in [0.25, 0.3) is 0 Å². The number of carboxylic acid groups (broad SMARTS) is 1. The maximum atomic E-state index is 13.0. The van der Waals surface area contributed by atoms with Gasteiger partial charge in [0, 0.05) is 25.9 Å². The van der Waals surface area contributed by atoms with Crippen LogP contribution in [0.5, 0.6) is 6.01 Å². The highest BCUT2D eigenvalue weighted by Gasteiger charge is 2.29. The third kappa shape index (κ3) is 5.28. The Bertz CT molecular complexity index is 1510. The Balaban J connectivity index is 1.66. The van der Waals surface area contributed by atoms with Crippen LogP contribution in [0.1, 0.15) is 65.9 Å². The summed E-state index contributed by atoms with van der Waals surface area (Å²) >= 11 is 1.32. The van der Waals surface area contributed by atoms with E-state index in [9.17, 15) is 14.7 Å². The van der Waals surface area contributed by atoms with Crippen molar-refractivity contribution in [2.24, 2.45) is 0 Å². The summed E-state index contributed by atoms with van der Waals surface area (Å²) in [7, 11) is 3.49. The van der Waals surface area contributed by atoms with E-state index < -0.39 is 5.97 Å². The number of rotatable bonds is 8. The Labute approximate surface area is 232 Å². The molecule has 0 radical (unpaired) electrons. The van der Waals surface area contributed by atoms with E-state index in [2.05, 4.69) is 34.2 Å². The van der Waals surface area contributed by atoms with Crippen LogP contribution < -0.4 is 4.74 Å². The van der Waals surface area contributed by atoms with Crippen molar-refractivity contribution in [3.8, 4) is 28.4 Å². The van der Waals surface area contributed by atoms with Crippen molar-refractivity contribution in [1.29, 1.82) is 0 Å². The summed E-state index contributed by atoms with van der Waals surface area (Å²) in [5.41, 5.74) is 6.80. The molecule has 0 aliphatic heterocycles. The number of hydrogen-bond donors (Lipinski definition) is 1. The molecular weight excluding hydrogens is 512 g/mol. The Hall–Kier alpha value is -3.72. The summed E-state index contributed by atoms with van der Waals surface area (Å²) in [5, 5.41) is 9.77. The number of fused-ring (bicyclic) bond motifs is 1. The molecule has 3 aromatic heterocycles. The first-order valence-electron chi connectivity index (χ1n) is 13.4. The van der Waals surface area contributed by atoms with Crippen LogP contribution in [0.4, 0.5) is 0 Å². The zero-order chi connectivity index (χ0) is 27.7. The van der Waals surface area contributed by atoms with Crippen LogP contribution in [0.3, 0.4) is 0 Å². The smallest absolute Gasteiger partial charge is 0.345 e. The van der Waals surface area contributed by atoms with E-state index in [0.717, 1.165) is 64.0 Å². The van der Waals surface area contributed by atoms with Gasteiger partial charge in [0.1, 0.15) is 11.4 Å². The zero-order valence-electron chi connectivity index (χ0n) is 22.9. The minimum Gasteiger partial charge on any atom is -0.477 e. The number of aromatic nitrogens is 3. The second-order valence-electron chi connectivity index (χ2n) is 10.3. The van der Waals surface area contributed by atoms with Gasteiger partial charge < -0.3 is 19.3 Å². The predicted octanol–water partition coefficient (Wildman–Crippen LogP) is 6.37. The van der Waals surface area contributed by atoms with Crippen molar-refractivity contribution in [1.82, 2.24) is 19.4 Å². The van der Waals surface area contributed by atoms with E-state index in [4.69, 9.17) is 4.74 Å². The molecule has 0 unspecified atom stereocenters. The normalized spacial score (nSPS) is 14.1. The molecule has 1 amide bonds. The van der Waals surface area contributed by atoms with Crippen molar-refractivity contribution in [2.45, 2.75) is 58.4 Å². The summed E-state index contributed by atoms with van der Waals surface area (Å²) in [6, 6.07) is 10.4. The lowest BCUT2D eigenvalue weighted by Gasteiger charge is -2.24. The number of aryl methyl sites for hydroxylation is 1. The number of thiophene rings is 1. The average molecular weight is 547 g/mol. The quantitative estimate of drug-likeness (QED) is 0.276.